The van der Waals surface area contributed by atoms with Crippen LogP contribution in [0.4, 0.5) is 34.1 Å². The van der Waals surface area contributed by atoms with E-state index in [-0.39, 0.29) is 0 Å². The third-order valence-corrected chi connectivity index (χ3v) is 10.6. The largest absolute Gasteiger partial charge is 0.455 e. The van der Waals surface area contributed by atoms with Crippen LogP contribution < -0.4 is 9.80 Å². The summed E-state index contributed by atoms with van der Waals surface area (Å²) in [4.78, 5) is 4.64. The number of anilines is 6. The Morgan fingerprint density at radius 3 is 1.50 bits per heavy atom. The highest BCUT2D eigenvalue weighted by atomic mass is 16.3. The van der Waals surface area contributed by atoms with Gasteiger partial charge in [0, 0.05) is 55.4 Å². The number of rotatable bonds is 6. The number of para-hydroxylation sites is 5. The van der Waals surface area contributed by atoms with Crippen molar-refractivity contribution in [3.8, 4) is 0 Å². The van der Waals surface area contributed by atoms with Crippen LogP contribution in [0.25, 0.3) is 65.4 Å². The highest BCUT2D eigenvalue weighted by molar-refractivity contribution is 6.30. The highest BCUT2D eigenvalue weighted by Gasteiger charge is 2.23. The maximum atomic E-state index is 6.72. The molecule has 9 aromatic carbocycles. The summed E-state index contributed by atoms with van der Waals surface area (Å²) in [6.45, 7) is 0. The van der Waals surface area contributed by atoms with Crippen LogP contribution in [0.5, 0.6) is 0 Å². The first-order valence-electron chi connectivity index (χ1n) is 18.3. The molecule has 11 aromatic rings. The van der Waals surface area contributed by atoms with Crippen molar-refractivity contribution in [3.05, 3.63) is 194 Å². The molecule has 0 saturated carbocycles. The van der Waals surface area contributed by atoms with E-state index < -0.39 is 0 Å². The molecule has 11 rings (SSSR count). The van der Waals surface area contributed by atoms with E-state index in [0.29, 0.717) is 0 Å². The van der Waals surface area contributed by atoms with Crippen molar-refractivity contribution in [2.24, 2.45) is 0 Å². The van der Waals surface area contributed by atoms with E-state index in [0.717, 1.165) is 88.8 Å². The first-order chi connectivity index (χ1) is 26.8. The van der Waals surface area contributed by atoms with Crippen LogP contribution >= 0.6 is 0 Å². The van der Waals surface area contributed by atoms with Crippen LogP contribution in [0.1, 0.15) is 0 Å². The van der Waals surface area contributed by atoms with Gasteiger partial charge < -0.3 is 18.6 Å². The normalized spacial score (nSPS) is 11.7. The second kappa shape index (κ2) is 12.1. The van der Waals surface area contributed by atoms with E-state index in [9.17, 15) is 0 Å². The average molecular weight is 693 g/mol. The number of furan rings is 2. The summed E-state index contributed by atoms with van der Waals surface area (Å²) in [6.07, 6.45) is 0. The van der Waals surface area contributed by atoms with Gasteiger partial charge in [-0.3, -0.25) is 0 Å². The van der Waals surface area contributed by atoms with Crippen molar-refractivity contribution in [2.45, 2.75) is 0 Å². The maximum absolute atomic E-state index is 6.72. The summed E-state index contributed by atoms with van der Waals surface area (Å²) >= 11 is 0. The molecule has 0 fully saturated rings. The minimum Gasteiger partial charge on any atom is -0.455 e. The Morgan fingerprint density at radius 2 is 0.759 bits per heavy atom. The van der Waals surface area contributed by atoms with Crippen LogP contribution in [0, 0.1) is 0 Å². The zero-order valence-electron chi connectivity index (χ0n) is 29.2. The lowest BCUT2D eigenvalue weighted by molar-refractivity contribution is 0.669. The maximum Gasteiger partial charge on any atom is 0.159 e. The third-order valence-electron chi connectivity index (χ3n) is 10.6. The molecule has 0 aliphatic rings. The first kappa shape index (κ1) is 30.3. The van der Waals surface area contributed by atoms with E-state index in [4.69, 9.17) is 8.83 Å². The highest BCUT2D eigenvalue weighted by Crippen LogP contribution is 2.47. The fraction of sp³-hybridized carbons (Fsp3) is 0. The molecule has 0 saturated heterocycles. The van der Waals surface area contributed by atoms with Gasteiger partial charge >= 0.3 is 0 Å². The van der Waals surface area contributed by atoms with Crippen LogP contribution in [0.3, 0.4) is 0 Å². The SMILES string of the molecule is c1ccc(N(c2ccccc2)c2cccc(N(c3ccc4c5ccccc5c5oc6ccccc6c5c4c3)c3cccc4c3oc3ccccc34)c2)cc1. The van der Waals surface area contributed by atoms with E-state index in [1.54, 1.807) is 0 Å². The Labute approximate surface area is 311 Å². The first-order valence-corrected chi connectivity index (χ1v) is 18.3. The topological polar surface area (TPSA) is 32.8 Å². The quantitative estimate of drug-likeness (QED) is 0.162. The number of fused-ring (bicyclic) bond motifs is 11. The van der Waals surface area contributed by atoms with Crippen molar-refractivity contribution in [2.75, 3.05) is 9.80 Å². The Morgan fingerprint density at radius 1 is 0.278 bits per heavy atom. The zero-order valence-corrected chi connectivity index (χ0v) is 29.2. The molecule has 4 heteroatoms. The van der Waals surface area contributed by atoms with Gasteiger partial charge in [0.1, 0.15) is 16.7 Å². The summed E-state index contributed by atoms with van der Waals surface area (Å²) in [5.41, 5.74) is 9.68. The fourth-order valence-corrected chi connectivity index (χ4v) is 8.24. The minimum atomic E-state index is 0.838. The molecule has 54 heavy (non-hydrogen) atoms. The molecule has 0 bridgehead atoms. The van der Waals surface area contributed by atoms with E-state index in [1.807, 2.05) is 18.2 Å². The van der Waals surface area contributed by atoms with E-state index in [2.05, 4.69) is 186 Å². The molecular weight excluding hydrogens is 661 g/mol. The van der Waals surface area contributed by atoms with Crippen molar-refractivity contribution < 1.29 is 8.83 Å². The van der Waals surface area contributed by atoms with Crippen LogP contribution in [0.2, 0.25) is 0 Å². The van der Waals surface area contributed by atoms with Crippen LogP contribution in [-0.2, 0) is 0 Å². The third kappa shape index (κ3) is 4.70. The lowest BCUT2D eigenvalue weighted by Crippen LogP contribution is -2.13. The zero-order chi connectivity index (χ0) is 35.6. The smallest absolute Gasteiger partial charge is 0.159 e. The van der Waals surface area contributed by atoms with Crippen molar-refractivity contribution in [1.29, 1.82) is 0 Å². The Hall–Kier alpha value is -7.30. The van der Waals surface area contributed by atoms with Crippen molar-refractivity contribution >= 4 is 99.5 Å². The minimum absolute atomic E-state index is 0.838. The van der Waals surface area contributed by atoms with E-state index in [1.165, 1.54) is 10.8 Å². The van der Waals surface area contributed by atoms with Gasteiger partial charge in [-0.25, -0.2) is 0 Å². The van der Waals surface area contributed by atoms with Crippen LogP contribution in [0.15, 0.2) is 203 Å². The molecular formula is C50H32N2O2. The summed E-state index contributed by atoms with van der Waals surface area (Å²) < 4.78 is 13.3. The van der Waals surface area contributed by atoms with Gasteiger partial charge in [-0.05, 0) is 89.0 Å². The monoisotopic (exact) mass is 692 g/mol. The number of benzene rings is 9. The molecule has 0 spiro atoms. The predicted octanol–water partition coefficient (Wildman–Crippen LogP) is 14.7. The number of nitrogens with zero attached hydrogens (tertiary/aromatic N) is 2. The average Bonchev–Trinajstić information content (AvgIpc) is 3.82. The number of hydrogen-bond acceptors (Lipinski definition) is 4. The Kier molecular flexibility index (Phi) is 6.82. The molecule has 0 N–H and O–H groups in total. The second-order valence-corrected chi connectivity index (χ2v) is 13.7. The number of hydrogen-bond donors (Lipinski definition) is 0. The summed E-state index contributed by atoms with van der Waals surface area (Å²) in [5.74, 6) is 0. The molecule has 2 aromatic heterocycles. The lowest BCUT2D eigenvalue weighted by Gasteiger charge is -2.29. The lowest BCUT2D eigenvalue weighted by atomic mass is 9.96. The fourth-order valence-electron chi connectivity index (χ4n) is 8.24. The molecule has 0 unspecified atom stereocenters. The Bertz CT molecular complexity index is 3140. The van der Waals surface area contributed by atoms with E-state index >= 15 is 0 Å². The van der Waals surface area contributed by atoms with Gasteiger partial charge in [0.25, 0.3) is 0 Å². The molecule has 0 amide bonds. The van der Waals surface area contributed by atoms with Gasteiger partial charge in [-0.1, -0.05) is 121 Å². The standard InChI is InChI=1S/C50H32N2O2/c1-3-15-33(16-4-1)51(34-17-5-2-6-18-34)35-19-13-20-36(31-35)52(45-26-14-25-42-40-22-9-11-27-46(40)53-49(42)45)37-29-30-39-38-21-7-8-23-41(38)50-48(44(39)32-37)43-24-10-12-28-47(43)54-50/h1-32H. The van der Waals surface area contributed by atoms with Gasteiger partial charge in [-0.15, -0.1) is 0 Å². The molecule has 2 heterocycles. The summed E-state index contributed by atoms with van der Waals surface area (Å²) in [6, 6.07) is 68.3. The van der Waals surface area contributed by atoms with Gasteiger partial charge in [0.05, 0.1) is 5.69 Å². The van der Waals surface area contributed by atoms with Crippen molar-refractivity contribution in [3.63, 3.8) is 0 Å². The Balaban J connectivity index is 1.20. The molecule has 0 atom stereocenters. The van der Waals surface area contributed by atoms with Gasteiger partial charge in [0.2, 0.25) is 0 Å². The summed E-state index contributed by atoms with van der Waals surface area (Å²) in [7, 11) is 0. The van der Waals surface area contributed by atoms with Crippen molar-refractivity contribution in [1.82, 2.24) is 0 Å². The second-order valence-electron chi connectivity index (χ2n) is 13.7. The molecule has 4 nitrogen and oxygen atoms in total. The predicted molar refractivity (Wildman–Crippen MR) is 225 cm³/mol. The van der Waals surface area contributed by atoms with Gasteiger partial charge in [0.15, 0.2) is 5.58 Å². The van der Waals surface area contributed by atoms with Crippen LogP contribution in [-0.4, -0.2) is 0 Å². The van der Waals surface area contributed by atoms with Gasteiger partial charge in [-0.2, -0.15) is 0 Å². The summed E-state index contributed by atoms with van der Waals surface area (Å²) in [5, 5.41) is 9.00. The molecule has 0 radical (unpaired) electrons. The molecule has 0 aliphatic carbocycles. The molecule has 254 valence electrons. The molecule has 0 aliphatic heterocycles.